The van der Waals surface area contributed by atoms with Gasteiger partial charge in [0.25, 0.3) is 17.3 Å². The molecule has 2 heterocycles. The molecular weight excluding hydrogens is 488 g/mol. The molecule has 0 radical (unpaired) electrons. The lowest BCUT2D eigenvalue weighted by atomic mass is 9.97. The van der Waals surface area contributed by atoms with Gasteiger partial charge in [-0.05, 0) is 36.5 Å². The number of piperidine rings is 1. The monoisotopic (exact) mass is 512 g/mol. The van der Waals surface area contributed by atoms with E-state index < -0.39 is 27.1 Å². The van der Waals surface area contributed by atoms with Gasteiger partial charge in [-0.15, -0.1) is 0 Å². The molecular formula is C23H24N6O6S. The first kappa shape index (κ1) is 25.0. The molecule has 2 aromatic carbocycles. The third-order valence-corrected chi connectivity index (χ3v) is 6.79. The van der Waals surface area contributed by atoms with Crippen LogP contribution in [0.2, 0.25) is 0 Å². The number of carbonyl (C=O) groups excluding carboxylic acids is 1. The number of nitrogens with zero attached hydrogens (tertiary/aromatic N) is 5. The van der Waals surface area contributed by atoms with Crippen LogP contribution < -0.4 is 15.0 Å². The Kier molecular flexibility index (Phi) is 7.68. The minimum absolute atomic E-state index is 0.106. The first-order valence-electron chi connectivity index (χ1n) is 11.2. The SMILES string of the molecule is COc1cccc(Cc2nsc(N3CCC(CNC(=O)c4cc([N+](=O)[O-])cc([N+](=O)[O-])c4)CC3)n2)c1. The molecule has 0 bridgehead atoms. The molecule has 4 rings (SSSR count). The van der Waals surface area contributed by atoms with Crippen molar-refractivity contribution in [3.05, 3.63) is 79.6 Å². The lowest BCUT2D eigenvalue weighted by Gasteiger charge is -2.31. The summed E-state index contributed by atoms with van der Waals surface area (Å²) in [5.41, 5.74) is -0.0241. The summed E-state index contributed by atoms with van der Waals surface area (Å²) in [5, 5.41) is 25.7. The van der Waals surface area contributed by atoms with Crippen molar-refractivity contribution in [2.45, 2.75) is 19.3 Å². The average Bonchev–Trinajstić information content (AvgIpc) is 3.35. The Balaban J connectivity index is 1.29. The van der Waals surface area contributed by atoms with Gasteiger partial charge in [0.1, 0.15) is 11.6 Å². The molecule has 1 aliphatic rings. The van der Waals surface area contributed by atoms with E-state index in [-0.39, 0.29) is 11.5 Å². The number of methoxy groups -OCH3 is 1. The molecule has 1 fully saturated rings. The molecule has 12 nitrogen and oxygen atoms in total. The third kappa shape index (κ3) is 6.10. The molecule has 1 amide bonds. The highest BCUT2D eigenvalue weighted by Gasteiger charge is 2.24. The topological polar surface area (TPSA) is 154 Å². The quantitative estimate of drug-likeness (QED) is 0.334. The lowest BCUT2D eigenvalue weighted by Crippen LogP contribution is -2.38. The number of non-ortho nitro benzene ring substituents is 2. The number of nitro groups is 2. The van der Waals surface area contributed by atoms with Crippen LogP contribution in [0.25, 0.3) is 0 Å². The van der Waals surface area contributed by atoms with E-state index in [4.69, 9.17) is 4.74 Å². The number of benzene rings is 2. The molecule has 3 aromatic rings. The number of aromatic nitrogens is 2. The van der Waals surface area contributed by atoms with Crippen molar-refractivity contribution in [3.63, 3.8) is 0 Å². The van der Waals surface area contributed by atoms with Gasteiger partial charge in [0.2, 0.25) is 5.13 Å². The van der Waals surface area contributed by atoms with Crippen LogP contribution >= 0.6 is 11.5 Å². The summed E-state index contributed by atoms with van der Waals surface area (Å²) in [6, 6.07) is 10.7. The molecule has 0 atom stereocenters. The first-order chi connectivity index (χ1) is 17.3. The number of hydrogen-bond donors (Lipinski definition) is 1. The number of anilines is 1. The second kappa shape index (κ2) is 11.1. The number of nitro benzene ring substituents is 2. The molecule has 188 valence electrons. The largest absolute Gasteiger partial charge is 0.497 e. The van der Waals surface area contributed by atoms with Crippen molar-refractivity contribution in [1.29, 1.82) is 0 Å². The highest BCUT2D eigenvalue weighted by molar-refractivity contribution is 7.09. The summed E-state index contributed by atoms with van der Waals surface area (Å²) in [5.74, 6) is 1.18. The normalized spacial score (nSPS) is 13.9. The minimum atomic E-state index is -0.755. The van der Waals surface area contributed by atoms with Crippen molar-refractivity contribution >= 4 is 33.9 Å². The zero-order valence-corrected chi connectivity index (χ0v) is 20.3. The maximum Gasteiger partial charge on any atom is 0.277 e. The highest BCUT2D eigenvalue weighted by Crippen LogP contribution is 2.26. The highest BCUT2D eigenvalue weighted by atomic mass is 32.1. The van der Waals surface area contributed by atoms with Gasteiger partial charge >= 0.3 is 0 Å². The molecule has 36 heavy (non-hydrogen) atoms. The van der Waals surface area contributed by atoms with E-state index in [0.717, 1.165) is 66.4 Å². The van der Waals surface area contributed by atoms with Crippen LogP contribution in [0.15, 0.2) is 42.5 Å². The Morgan fingerprint density at radius 3 is 2.47 bits per heavy atom. The number of nitrogens with one attached hydrogen (secondary N) is 1. The Labute approximate surface area is 210 Å². The summed E-state index contributed by atoms with van der Waals surface area (Å²) < 4.78 is 9.75. The standard InChI is InChI=1S/C23H24N6O6S/c1-35-20-4-2-3-16(9-20)10-21-25-23(36-26-21)27-7-5-15(6-8-27)14-24-22(30)17-11-18(28(31)32)13-19(12-17)29(33)34/h2-4,9,11-13,15H,5-8,10,14H2,1H3,(H,24,30). The zero-order valence-electron chi connectivity index (χ0n) is 19.5. The number of rotatable bonds is 9. The molecule has 0 unspecified atom stereocenters. The Bertz CT molecular complexity index is 1240. The number of carbonyl (C=O) groups is 1. The van der Waals surface area contributed by atoms with E-state index in [1.807, 2.05) is 24.3 Å². The minimum Gasteiger partial charge on any atom is -0.497 e. The van der Waals surface area contributed by atoms with Crippen molar-refractivity contribution in [1.82, 2.24) is 14.7 Å². The second-order valence-electron chi connectivity index (χ2n) is 8.41. The predicted octanol–water partition coefficient (Wildman–Crippen LogP) is 3.60. The summed E-state index contributed by atoms with van der Waals surface area (Å²) in [6.45, 7) is 1.90. The van der Waals surface area contributed by atoms with E-state index in [0.29, 0.717) is 13.0 Å². The van der Waals surface area contributed by atoms with E-state index in [9.17, 15) is 25.0 Å². The van der Waals surface area contributed by atoms with Crippen LogP contribution in [-0.4, -0.2) is 51.9 Å². The van der Waals surface area contributed by atoms with E-state index in [1.165, 1.54) is 11.5 Å². The van der Waals surface area contributed by atoms with Crippen LogP contribution in [0.5, 0.6) is 5.75 Å². The Morgan fingerprint density at radius 1 is 1.14 bits per heavy atom. The fourth-order valence-corrected chi connectivity index (χ4v) is 4.75. The van der Waals surface area contributed by atoms with E-state index in [1.54, 1.807) is 7.11 Å². The average molecular weight is 513 g/mol. The van der Waals surface area contributed by atoms with Gasteiger partial charge in [-0.3, -0.25) is 25.0 Å². The van der Waals surface area contributed by atoms with Gasteiger partial charge < -0.3 is 15.0 Å². The van der Waals surface area contributed by atoms with Crippen molar-refractivity contribution in [2.24, 2.45) is 5.92 Å². The third-order valence-electron chi connectivity index (χ3n) is 5.98. The molecule has 13 heteroatoms. The molecule has 1 saturated heterocycles. The van der Waals surface area contributed by atoms with Crippen molar-refractivity contribution in [3.8, 4) is 5.75 Å². The van der Waals surface area contributed by atoms with Crippen LogP contribution in [0.1, 0.15) is 34.6 Å². The number of ether oxygens (including phenoxy) is 1. The van der Waals surface area contributed by atoms with Gasteiger partial charge in [-0.2, -0.15) is 4.37 Å². The van der Waals surface area contributed by atoms with Crippen molar-refractivity contribution in [2.75, 3.05) is 31.6 Å². The van der Waals surface area contributed by atoms with Crippen LogP contribution in [-0.2, 0) is 6.42 Å². The molecule has 0 aliphatic carbocycles. The van der Waals surface area contributed by atoms with Crippen LogP contribution in [0.3, 0.4) is 0 Å². The molecule has 1 N–H and O–H groups in total. The molecule has 0 spiro atoms. The zero-order chi connectivity index (χ0) is 25.7. The fourth-order valence-electron chi connectivity index (χ4n) is 4.01. The summed E-state index contributed by atoms with van der Waals surface area (Å²) in [7, 11) is 1.63. The van der Waals surface area contributed by atoms with Crippen LogP contribution in [0.4, 0.5) is 16.5 Å². The first-order valence-corrected chi connectivity index (χ1v) is 12.0. The van der Waals surface area contributed by atoms with Gasteiger partial charge in [-0.25, -0.2) is 4.98 Å². The maximum atomic E-state index is 12.5. The molecule has 0 saturated carbocycles. The summed E-state index contributed by atoms with van der Waals surface area (Å²) in [6.07, 6.45) is 2.26. The maximum absolute atomic E-state index is 12.5. The smallest absolute Gasteiger partial charge is 0.277 e. The fraction of sp³-hybridized carbons (Fsp3) is 0.348. The summed E-state index contributed by atoms with van der Waals surface area (Å²) in [4.78, 5) is 40.0. The van der Waals surface area contributed by atoms with Crippen molar-refractivity contribution < 1.29 is 19.4 Å². The van der Waals surface area contributed by atoms with Gasteiger partial charge in [0, 0.05) is 49.7 Å². The van der Waals surface area contributed by atoms with Gasteiger partial charge in [-0.1, -0.05) is 12.1 Å². The number of amides is 1. The Hall–Kier alpha value is -4.13. The second-order valence-corrected chi connectivity index (χ2v) is 9.14. The predicted molar refractivity (Wildman–Crippen MR) is 133 cm³/mol. The van der Waals surface area contributed by atoms with Gasteiger partial charge in [0.15, 0.2) is 0 Å². The van der Waals surface area contributed by atoms with Crippen LogP contribution in [0, 0.1) is 26.1 Å². The van der Waals surface area contributed by atoms with Gasteiger partial charge in [0.05, 0.1) is 28.6 Å². The van der Waals surface area contributed by atoms with E-state index in [2.05, 4.69) is 19.6 Å². The summed E-state index contributed by atoms with van der Waals surface area (Å²) >= 11 is 1.36. The Morgan fingerprint density at radius 2 is 1.83 bits per heavy atom. The van der Waals surface area contributed by atoms with E-state index >= 15 is 0 Å². The molecule has 1 aromatic heterocycles. The lowest BCUT2D eigenvalue weighted by molar-refractivity contribution is -0.394. The number of hydrogen-bond acceptors (Lipinski definition) is 10. The molecule has 1 aliphatic heterocycles.